The van der Waals surface area contributed by atoms with Gasteiger partial charge in [-0.1, -0.05) is 26.8 Å². The van der Waals surface area contributed by atoms with E-state index in [0.717, 1.165) is 38.5 Å². The molecule has 35 heavy (non-hydrogen) atoms. The Kier molecular flexibility index (Phi) is 7.97. The number of carbonyl (C=O) groups excluding carboxylic acids is 3. The minimum atomic E-state index is -0.306. The van der Waals surface area contributed by atoms with Gasteiger partial charge in [0.2, 0.25) is 0 Å². The fraction of sp³-hybridized carbons (Fsp3) is 0.828. The van der Waals surface area contributed by atoms with Gasteiger partial charge >= 0.3 is 5.97 Å². The summed E-state index contributed by atoms with van der Waals surface area (Å²) in [5.74, 6) is 3.06. The molecule has 4 aliphatic rings. The van der Waals surface area contributed by atoms with Crippen molar-refractivity contribution in [1.29, 1.82) is 0 Å². The third-order valence-electron chi connectivity index (χ3n) is 11.2. The molecule has 4 rings (SSSR count). The van der Waals surface area contributed by atoms with Crippen LogP contribution < -0.4 is 0 Å². The number of esters is 1. The third kappa shape index (κ3) is 4.67. The van der Waals surface area contributed by atoms with E-state index in [1.54, 1.807) is 0 Å². The lowest BCUT2D eigenvalue weighted by Gasteiger charge is -2.62. The Hall–Kier alpha value is -1.85. The van der Waals surface area contributed by atoms with Crippen LogP contribution in [0, 0.1) is 46.3 Å². The monoisotopic (exact) mass is 488 g/mol. The number of allylic oxidation sites excluding steroid dienone is 1. The largest absolute Gasteiger partial charge is 0.466 e. The van der Waals surface area contributed by atoms with E-state index in [1.165, 1.54) is 38.9 Å². The molecule has 4 saturated carbocycles. The Bertz CT molecular complexity index is 809. The highest BCUT2D eigenvalue weighted by Gasteiger charge is 2.64. The summed E-state index contributed by atoms with van der Waals surface area (Å²) in [5.41, 5.74) is 0.217. The molecule has 6 heteroatoms. The van der Waals surface area contributed by atoms with E-state index in [4.69, 9.17) is 14.2 Å². The van der Waals surface area contributed by atoms with Crippen molar-refractivity contribution in [2.45, 2.75) is 97.2 Å². The molecular weight excluding hydrogens is 444 g/mol. The van der Waals surface area contributed by atoms with Gasteiger partial charge in [-0.2, -0.15) is 0 Å². The second kappa shape index (κ2) is 10.6. The molecule has 0 spiro atoms. The molecule has 0 saturated heterocycles. The molecule has 0 aromatic heterocycles. The minimum absolute atomic E-state index is 0.00537. The van der Waals surface area contributed by atoms with E-state index in [2.05, 4.69) is 20.8 Å². The fourth-order valence-electron chi connectivity index (χ4n) is 9.40. The van der Waals surface area contributed by atoms with Gasteiger partial charge in [0.15, 0.2) is 0 Å². The maximum Gasteiger partial charge on any atom is 0.330 e. The summed E-state index contributed by atoms with van der Waals surface area (Å²) in [4.78, 5) is 34.0. The highest BCUT2D eigenvalue weighted by atomic mass is 16.5. The first-order chi connectivity index (χ1) is 16.8. The smallest absolute Gasteiger partial charge is 0.330 e. The quantitative estimate of drug-likeness (QED) is 0.185. The van der Waals surface area contributed by atoms with Crippen LogP contribution in [0.15, 0.2) is 12.2 Å². The molecule has 10 atom stereocenters. The van der Waals surface area contributed by atoms with E-state index >= 15 is 0 Å². The summed E-state index contributed by atoms with van der Waals surface area (Å²) < 4.78 is 16.0. The minimum Gasteiger partial charge on any atom is -0.466 e. The average Bonchev–Trinajstić information content (AvgIpc) is 3.21. The lowest BCUT2D eigenvalue weighted by Crippen LogP contribution is -2.59. The molecular formula is C29H44O6. The van der Waals surface area contributed by atoms with Gasteiger partial charge in [0.05, 0.1) is 7.11 Å². The summed E-state index contributed by atoms with van der Waals surface area (Å²) in [6, 6.07) is 0. The molecule has 0 heterocycles. The Labute approximate surface area is 210 Å². The summed E-state index contributed by atoms with van der Waals surface area (Å²) in [7, 11) is 1.40. The fourth-order valence-corrected chi connectivity index (χ4v) is 9.40. The molecule has 0 aliphatic heterocycles. The number of rotatable bonds is 9. The van der Waals surface area contributed by atoms with Crippen LogP contribution in [0.2, 0.25) is 0 Å². The Morgan fingerprint density at radius 2 is 1.77 bits per heavy atom. The van der Waals surface area contributed by atoms with E-state index in [1.807, 2.05) is 6.08 Å². The van der Waals surface area contributed by atoms with E-state index < -0.39 is 0 Å². The van der Waals surface area contributed by atoms with Gasteiger partial charge in [-0.25, -0.2) is 4.79 Å². The van der Waals surface area contributed by atoms with Gasteiger partial charge in [-0.05, 0) is 105 Å². The molecule has 0 N–H and O–H groups in total. The number of hydrogen-bond acceptors (Lipinski definition) is 6. The molecule has 6 nitrogen and oxygen atoms in total. The van der Waals surface area contributed by atoms with Crippen molar-refractivity contribution < 1.29 is 28.6 Å². The summed E-state index contributed by atoms with van der Waals surface area (Å²) in [5, 5.41) is 0. The van der Waals surface area contributed by atoms with Crippen LogP contribution in [0.25, 0.3) is 0 Å². The number of carbonyl (C=O) groups is 3. The molecule has 0 aromatic rings. The highest BCUT2D eigenvalue weighted by molar-refractivity contribution is 5.81. The first kappa shape index (κ1) is 26.2. The van der Waals surface area contributed by atoms with Crippen LogP contribution in [0.3, 0.4) is 0 Å². The Morgan fingerprint density at radius 3 is 2.49 bits per heavy atom. The standard InChI is InChI=1S/C29H44O6/c1-19(7-5-6-8-27(32)33-4)23-11-12-24-22-10-9-20-15-21(34-17-30)13-14-28(20,2)25(22)16-26(35-18-31)29(23,24)3/h6,8,17-26H,5,7,9-16H2,1-4H3/t19?,20?,21?,22-,23+,24-,25-,26?,28-,29+/m0/s1. The van der Waals surface area contributed by atoms with Gasteiger partial charge in [0.1, 0.15) is 12.2 Å². The molecule has 0 bridgehead atoms. The lowest BCUT2D eigenvalue weighted by atomic mass is 9.43. The average molecular weight is 489 g/mol. The van der Waals surface area contributed by atoms with Crippen LogP contribution in [0.1, 0.15) is 85.0 Å². The second-order valence-electron chi connectivity index (χ2n) is 12.3. The Morgan fingerprint density at radius 1 is 1.00 bits per heavy atom. The summed E-state index contributed by atoms with van der Waals surface area (Å²) in [6.07, 6.45) is 14.1. The van der Waals surface area contributed by atoms with Gasteiger partial charge < -0.3 is 14.2 Å². The highest BCUT2D eigenvalue weighted by Crippen LogP contribution is 2.68. The number of ether oxygens (including phenoxy) is 3. The van der Waals surface area contributed by atoms with Crippen LogP contribution in [-0.2, 0) is 28.6 Å². The van der Waals surface area contributed by atoms with Gasteiger partial charge in [0, 0.05) is 11.5 Å². The van der Waals surface area contributed by atoms with Gasteiger partial charge in [-0.15, -0.1) is 0 Å². The van der Waals surface area contributed by atoms with Crippen LogP contribution in [0.4, 0.5) is 0 Å². The SMILES string of the molecule is COC(=O)C=CCCC(C)[C@H]1CC[C@H]2[C@@H]3CCC4CC(OC=O)CC[C@]4(C)[C@H]3CC(OC=O)[C@]12C. The second-order valence-corrected chi connectivity index (χ2v) is 12.3. The number of methoxy groups -OCH3 is 1. The zero-order chi connectivity index (χ0) is 25.2. The molecule has 4 fully saturated rings. The Balaban J connectivity index is 1.52. The predicted molar refractivity (Wildman–Crippen MR) is 132 cm³/mol. The van der Waals surface area contributed by atoms with Crippen LogP contribution in [0.5, 0.6) is 0 Å². The zero-order valence-corrected chi connectivity index (χ0v) is 21.9. The first-order valence-corrected chi connectivity index (χ1v) is 13.7. The molecule has 0 amide bonds. The molecule has 0 radical (unpaired) electrons. The van der Waals surface area contributed by atoms with Crippen molar-refractivity contribution in [3.8, 4) is 0 Å². The maximum absolute atomic E-state index is 11.7. The van der Waals surface area contributed by atoms with Crippen molar-refractivity contribution in [1.82, 2.24) is 0 Å². The van der Waals surface area contributed by atoms with Crippen LogP contribution >= 0.6 is 0 Å². The van der Waals surface area contributed by atoms with Crippen LogP contribution in [-0.4, -0.2) is 38.2 Å². The van der Waals surface area contributed by atoms with E-state index in [-0.39, 0.29) is 29.0 Å². The van der Waals surface area contributed by atoms with Crippen molar-refractivity contribution in [3.63, 3.8) is 0 Å². The lowest BCUT2D eigenvalue weighted by molar-refractivity contribution is -0.190. The summed E-state index contributed by atoms with van der Waals surface area (Å²) in [6.45, 7) is 8.51. The predicted octanol–water partition coefficient (Wildman–Crippen LogP) is 5.48. The third-order valence-corrected chi connectivity index (χ3v) is 11.2. The molecule has 196 valence electrons. The first-order valence-electron chi connectivity index (χ1n) is 13.7. The van der Waals surface area contributed by atoms with Crippen molar-refractivity contribution in [3.05, 3.63) is 12.2 Å². The van der Waals surface area contributed by atoms with Crippen molar-refractivity contribution >= 4 is 18.9 Å². The normalized spacial score (nSPS) is 43.4. The molecule has 0 aromatic carbocycles. The zero-order valence-electron chi connectivity index (χ0n) is 21.9. The van der Waals surface area contributed by atoms with E-state index in [9.17, 15) is 14.4 Å². The van der Waals surface area contributed by atoms with E-state index in [0.29, 0.717) is 48.5 Å². The summed E-state index contributed by atoms with van der Waals surface area (Å²) >= 11 is 0. The maximum atomic E-state index is 11.7. The van der Waals surface area contributed by atoms with Gasteiger partial charge in [0.25, 0.3) is 12.9 Å². The number of hydrogen-bond donors (Lipinski definition) is 0. The van der Waals surface area contributed by atoms with Crippen molar-refractivity contribution in [2.24, 2.45) is 46.3 Å². The number of fused-ring (bicyclic) bond motifs is 5. The molecule has 4 unspecified atom stereocenters. The van der Waals surface area contributed by atoms with Gasteiger partial charge in [-0.3, -0.25) is 9.59 Å². The molecule has 4 aliphatic carbocycles. The topological polar surface area (TPSA) is 78.9 Å². The van der Waals surface area contributed by atoms with Crippen molar-refractivity contribution in [2.75, 3.05) is 7.11 Å².